The first kappa shape index (κ1) is 15.3. The molecule has 5 heteroatoms. The van der Waals surface area contributed by atoms with Gasteiger partial charge in [0.25, 0.3) is 0 Å². The minimum absolute atomic E-state index is 0. The van der Waals surface area contributed by atoms with E-state index in [9.17, 15) is 8.78 Å². The molecule has 0 bridgehead atoms. The van der Waals surface area contributed by atoms with Crippen molar-refractivity contribution in [3.05, 3.63) is 53.7 Å². The van der Waals surface area contributed by atoms with Gasteiger partial charge in [0.2, 0.25) is 0 Å². The van der Waals surface area contributed by atoms with Crippen LogP contribution in [-0.4, -0.2) is 3.92 Å². The molecule has 0 amide bonds. The number of hydrogen-bond donors (Lipinski definition) is 1. The van der Waals surface area contributed by atoms with E-state index in [0.717, 1.165) is 11.8 Å². The van der Waals surface area contributed by atoms with E-state index >= 15 is 0 Å². The number of alkyl halides is 1. The second-order valence-corrected chi connectivity index (χ2v) is 5.04. The maximum Gasteiger partial charge on any atom is 0.109 e. The number of allylic oxidation sites excluding steroid dienone is 2. The summed E-state index contributed by atoms with van der Waals surface area (Å²) in [5.41, 5.74) is 1.89. The van der Waals surface area contributed by atoms with Crippen LogP contribution in [0.2, 0.25) is 0 Å². The van der Waals surface area contributed by atoms with Gasteiger partial charge in [0.15, 0.2) is 0 Å². The molecule has 0 saturated carbocycles. The van der Waals surface area contributed by atoms with E-state index in [1.54, 1.807) is 0 Å². The van der Waals surface area contributed by atoms with Crippen LogP contribution in [0.3, 0.4) is 0 Å². The fraction of sp³-hybridized carbons (Fsp3) is 0.167. The number of halogens is 3. The van der Waals surface area contributed by atoms with E-state index in [2.05, 4.69) is 40.6 Å². The van der Waals surface area contributed by atoms with Crippen molar-refractivity contribution in [2.24, 2.45) is 0 Å². The number of hydrogen-bond acceptors (Lipinski definition) is 1. The topological polar surface area (TPSA) is 12.0 Å². The standard InChI is InChI=1S/C12H9F2IN.Y/c1-7-11(15)2-3-12(16-7)8-4-9(13)6-10(14)5-8;/h4-6,11,16H,1-2H2;/q-1;. The summed E-state index contributed by atoms with van der Waals surface area (Å²) in [4.78, 5) is 0. The zero-order chi connectivity index (χ0) is 11.7. The third kappa shape index (κ3) is 3.83. The van der Waals surface area contributed by atoms with Gasteiger partial charge in [-0.3, -0.25) is 0 Å². The van der Waals surface area contributed by atoms with Crippen LogP contribution in [0.4, 0.5) is 8.78 Å². The van der Waals surface area contributed by atoms with Gasteiger partial charge in [0, 0.05) is 48.4 Å². The summed E-state index contributed by atoms with van der Waals surface area (Å²) in [7, 11) is 0. The van der Waals surface area contributed by atoms with Crippen molar-refractivity contribution in [2.45, 2.75) is 10.3 Å². The van der Waals surface area contributed by atoms with Gasteiger partial charge in [-0.15, -0.1) is 11.3 Å². The Morgan fingerprint density at radius 2 is 1.88 bits per heavy atom. The van der Waals surface area contributed by atoms with Crippen LogP contribution in [0.25, 0.3) is 5.70 Å². The van der Waals surface area contributed by atoms with E-state index in [1.165, 1.54) is 12.1 Å². The van der Waals surface area contributed by atoms with Gasteiger partial charge in [-0.25, -0.2) is 14.9 Å². The van der Waals surface area contributed by atoms with E-state index in [4.69, 9.17) is 0 Å². The summed E-state index contributed by atoms with van der Waals surface area (Å²) in [6, 6.07) is 3.40. The largest absolute Gasteiger partial charge is 0.393 e. The van der Waals surface area contributed by atoms with Crippen LogP contribution in [0, 0.1) is 17.7 Å². The minimum Gasteiger partial charge on any atom is -0.393 e. The quantitative estimate of drug-likeness (QED) is 0.417. The molecule has 1 aromatic carbocycles. The first-order valence-electron chi connectivity index (χ1n) is 4.73. The normalized spacial score (nSPS) is 19.1. The molecule has 2 rings (SSSR count). The third-order valence-electron chi connectivity index (χ3n) is 2.27. The molecule has 1 aliphatic heterocycles. The predicted molar refractivity (Wildman–Crippen MR) is 67.7 cm³/mol. The summed E-state index contributed by atoms with van der Waals surface area (Å²) in [6.07, 6.45) is 3.77. The molecule has 1 nitrogen and oxygen atoms in total. The average molecular weight is 421 g/mol. The molecule has 0 aromatic heterocycles. The number of benzene rings is 1. The van der Waals surface area contributed by atoms with Gasteiger partial charge in [-0.05, 0) is 0 Å². The first-order chi connectivity index (χ1) is 7.56. The van der Waals surface area contributed by atoms with Crippen LogP contribution in [0.5, 0.6) is 0 Å². The Balaban J connectivity index is 0.00000144. The van der Waals surface area contributed by atoms with Gasteiger partial charge >= 0.3 is 0 Å². The van der Waals surface area contributed by atoms with Crippen molar-refractivity contribution >= 4 is 28.3 Å². The molecule has 17 heavy (non-hydrogen) atoms. The fourth-order valence-corrected chi connectivity index (χ4v) is 1.85. The summed E-state index contributed by atoms with van der Waals surface area (Å²) >= 11 is 2.24. The molecule has 0 fully saturated rings. The molecule has 0 saturated heterocycles. The van der Waals surface area contributed by atoms with Crippen molar-refractivity contribution in [3.63, 3.8) is 0 Å². The minimum atomic E-state index is -0.590. The summed E-state index contributed by atoms with van der Waals surface area (Å²) < 4.78 is 26.3. The Morgan fingerprint density at radius 1 is 1.29 bits per heavy atom. The number of rotatable bonds is 1. The molecule has 1 heterocycles. The van der Waals surface area contributed by atoms with Crippen molar-refractivity contribution in [2.75, 3.05) is 0 Å². The van der Waals surface area contributed by atoms with Gasteiger partial charge in [0.1, 0.15) is 11.6 Å². The molecule has 0 aliphatic carbocycles. The van der Waals surface area contributed by atoms with Gasteiger partial charge in [-0.1, -0.05) is 47.7 Å². The monoisotopic (exact) mass is 421 g/mol. The maximum atomic E-state index is 13.0. The van der Waals surface area contributed by atoms with Crippen molar-refractivity contribution < 1.29 is 41.5 Å². The predicted octanol–water partition coefficient (Wildman–Crippen LogP) is 3.42. The SMILES string of the molecule is C=C1NC(c2cc(F)cc(F)c2)=[C-]CC1I.[Y]. The van der Waals surface area contributed by atoms with E-state index in [1.807, 2.05) is 0 Å². The molecule has 1 atom stereocenters. The molecule has 87 valence electrons. The molecular formula is C12H9F2INY-. The van der Waals surface area contributed by atoms with Gasteiger partial charge in [-0.2, -0.15) is 0 Å². The summed E-state index contributed by atoms with van der Waals surface area (Å²) in [5, 5.41) is 3.01. The first-order valence-corrected chi connectivity index (χ1v) is 5.98. The molecule has 1 radical (unpaired) electrons. The van der Waals surface area contributed by atoms with Crippen molar-refractivity contribution in [3.8, 4) is 0 Å². The summed E-state index contributed by atoms with van der Waals surface area (Å²) in [6.45, 7) is 3.85. The molecule has 1 unspecified atom stereocenters. The Labute approximate surface area is 138 Å². The van der Waals surface area contributed by atoms with Crippen LogP contribution < -0.4 is 5.32 Å². The maximum absolute atomic E-state index is 13.0. The Kier molecular flexibility index (Phi) is 5.73. The Hall–Kier alpha value is 0.194. The van der Waals surface area contributed by atoms with E-state index < -0.39 is 11.6 Å². The third-order valence-corrected chi connectivity index (χ3v) is 3.47. The Bertz CT molecular complexity index is 453. The molecule has 1 aromatic rings. The number of nitrogens with one attached hydrogen (secondary N) is 1. The van der Waals surface area contributed by atoms with Crippen LogP contribution in [-0.2, 0) is 32.7 Å². The van der Waals surface area contributed by atoms with E-state index in [0.29, 0.717) is 17.7 Å². The average Bonchev–Trinajstić information content (AvgIpc) is 2.20. The second-order valence-electron chi connectivity index (χ2n) is 3.53. The molecular weight excluding hydrogens is 412 g/mol. The fourth-order valence-electron chi connectivity index (χ4n) is 1.47. The van der Waals surface area contributed by atoms with Crippen molar-refractivity contribution in [1.29, 1.82) is 0 Å². The van der Waals surface area contributed by atoms with Crippen LogP contribution in [0.1, 0.15) is 12.0 Å². The van der Waals surface area contributed by atoms with Crippen molar-refractivity contribution in [1.82, 2.24) is 5.32 Å². The Morgan fingerprint density at radius 3 is 2.41 bits per heavy atom. The zero-order valence-electron chi connectivity index (χ0n) is 8.93. The van der Waals surface area contributed by atoms with Gasteiger partial charge in [0.05, 0.1) is 0 Å². The molecule has 0 spiro atoms. The zero-order valence-corrected chi connectivity index (χ0v) is 13.9. The summed E-state index contributed by atoms with van der Waals surface area (Å²) in [5.74, 6) is -1.18. The van der Waals surface area contributed by atoms with Gasteiger partial charge < -0.3 is 5.32 Å². The van der Waals surface area contributed by atoms with E-state index in [-0.39, 0.29) is 36.6 Å². The molecule has 1 N–H and O–H groups in total. The smallest absolute Gasteiger partial charge is 0.109 e. The van der Waals surface area contributed by atoms with Crippen LogP contribution >= 0.6 is 22.6 Å². The van der Waals surface area contributed by atoms with Crippen LogP contribution in [0.15, 0.2) is 30.5 Å². The molecule has 1 aliphatic rings. The second kappa shape index (κ2) is 6.39.